The van der Waals surface area contributed by atoms with Crippen molar-refractivity contribution in [2.45, 2.75) is 102 Å². The third-order valence-electron chi connectivity index (χ3n) is 11.9. The number of ether oxygens (including phenoxy) is 4. The Balaban J connectivity index is 1.36. The fourth-order valence-corrected chi connectivity index (χ4v) is 10.1. The molecule has 5 heteroatoms. The minimum atomic E-state index is -0.977. The molecule has 7 rings (SSSR count). The van der Waals surface area contributed by atoms with Crippen LogP contribution in [0.1, 0.15) is 90.7 Å². The van der Waals surface area contributed by atoms with Gasteiger partial charge in [0.15, 0.2) is 11.6 Å². The second kappa shape index (κ2) is 8.16. The van der Waals surface area contributed by atoms with Crippen LogP contribution in [0.4, 0.5) is 0 Å². The van der Waals surface area contributed by atoms with Gasteiger partial charge in [0.1, 0.15) is 0 Å². The van der Waals surface area contributed by atoms with Crippen molar-refractivity contribution >= 4 is 0 Å². The van der Waals surface area contributed by atoms with Gasteiger partial charge in [-0.1, -0.05) is 70.5 Å². The van der Waals surface area contributed by atoms with E-state index < -0.39 is 17.2 Å². The molecule has 2 aliphatic heterocycles. The van der Waals surface area contributed by atoms with Gasteiger partial charge in [-0.05, 0) is 59.5 Å². The lowest BCUT2D eigenvalue weighted by atomic mass is 9.42. The molecule has 38 heavy (non-hydrogen) atoms. The number of rotatable bonds is 1. The minimum Gasteiger partial charge on any atom is -0.385 e. The van der Waals surface area contributed by atoms with Crippen LogP contribution in [0.25, 0.3) is 0 Å². The molecule has 0 amide bonds. The highest BCUT2D eigenvalue weighted by Gasteiger charge is 2.72. The molecule has 6 aliphatic rings. The third kappa shape index (κ3) is 3.35. The molecule has 1 aromatic rings. The number of fused-ring (bicyclic) bond motifs is 6. The van der Waals surface area contributed by atoms with Gasteiger partial charge in [-0.15, -0.1) is 0 Å². The maximum Gasteiger partial charge on any atom is 0.174 e. The fraction of sp³-hybridized carbons (Fsp3) is 0.758. The summed E-state index contributed by atoms with van der Waals surface area (Å²) in [6.07, 6.45) is 8.88. The lowest BCUT2D eigenvalue weighted by Crippen LogP contribution is -2.64. The van der Waals surface area contributed by atoms with Gasteiger partial charge in [-0.2, -0.15) is 0 Å². The Hall–Kier alpha value is -1.24. The standard InChI is InChI=1S/C33H46O5/c1-28(2,3)22-6-8-23(9-7-22)32(34)21-30(5)26(12-13-33(30)37-18-19-38-33)25-11-10-24-20-31(35-16-17-36-31)15-14-29(24,4)27(25)32/h6-10,25-27,34H,11-21H2,1-5H3/t25-,26-,27-,29-,30-,32+/m0/s1. The van der Waals surface area contributed by atoms with Crippen LogP contribution in [0.3, 0.4) is 0 Å². The summed E-state index contributed by atoms with van der Waals surface area (Å²) in [6.45, 7) is 14.2. The predicted octanol–water partition coefficient (Wildman–Crippen LogP) is 6.23. The number of hydrogen-bond acceptors (Lipinski definition) is 5. The molecule has 0 aromatic heterocycles. The topological polar surface area (TPSA) is 57.2 Å². The van der Waals surface area contributed by atoms with E-state index in [0.717, 1.165) is 44.1 Å². The van der Waals surface area contributed by atoms with E-state index in [-0.39, 0.29) is 22.2 Å². The Morgan fingerprint density at radius 2 is 1.53 bits per heavy atom. The van der Waals surface area contributed by atoms with Crippen molar-refractivity contribution in [1.29, 1.82) is 0 Å². The Kier molecular flexibility index (Phi) is 5.52. The molecule has 5 fully saturated rings. The van der Waals surface area contributed by atoms with Crippen LogP contribution in [-0.4, -0.2) is 43.1 Å². The van der Waals surface area contributed by atoms with Gasteiger partial charge >= 0.3 is 0 Å². The fourth-order valence-electron chi connectivity index (χ4n) is 10.1. The monoisotopic (exact) mass is 522 g/mol. The van der Waals surface area contributed by atoms with E-state index in [4.69, 9.17) is 18.9 Å². The first-order valence-electron chi connectivity index (χ1n) is 15.0. The molecule has 5 nitrogen and oxygen atoms in total. The summed E-state index contributed by atoms with van der Waals surface area (Å²) in [7, 11) is 0. The van der Waals surface area contributed by atoms with E-state index in [1.807, 2.05) is 0 Å². The Bertz CT molecular complexity index is 1120. The molecule has 0 radical (unpaired) electrons. The maximum absolute atomic E-state index is 13.2. The average Bonchev–Trinajstić information content (AvgIpc) is 3.60. The Morgan fingerprint density at radius 3 is 2.18 bits per heavy atom. The molecular weight excluding hydrogens is 476 g/mol. The number of allylic oxidation sites excluding steroid dienone is 1. The molecule has 0 bridgehead atoms. The van der Waals surface area contributed by atoms with Gasteiger partial charge in [-0.25, -0.2) is 0 Å². The number of aliphatic hydroxyl groups is 1. The zero-order chi connectivity index (χ0) is 26.6. The lowest BCUT2D eigenvalue weighted by Gasteiger charge is -2.65. The lowest BCUT2D eigenvalue weighted by molar-refractivity contribution is -0.281. The van der Waals surface area contributed by atoms with Crippen LogP contribution >= 0.6 is 0 Å². The van der Waals surface area contributed by atoms with Crippen molar-refractivity contribution in [1.82, 2.24) is 0 Å². The summed E-state index contributed by atoms with van der Waals surface area (Å²) in [5, 5.41) is 13.2. The van der Waals surface area contributed by atoms with Crippen LogP contribution in [0.5, 0.6) is 0 Å². The second-order valence-electron chi connectivity index (χ2n) is 14.7. The highest BCUT2D eigenvalue weighted by molar-refractivity contribution is 5.37. The molecule has 3 saturated carbocycles. The van der Waals surface area contributed by atoms with Crippen LogP contribution in [0, 0.1) is 28.6 Å². The molecule has 2 saturated heterocycles. The molecule has 1 aromatic carbocycles. The molecule has 2 spiro atoms. The smallest absolute Gasteiger partial charge is 0.174 e. The summed E-state index contributed by atoms with van der Waals surface area (Å²) >= 11 is 0. The van der Waals surface area contributed by atoms with Crippen molar-refractivity contribution in [3.63, 3.8) is 0 Å². The Labute approximate surface area is 228 Å². The van der Waals surface area contributed by atoms with Gasteiger partial charge in [0.05, 0.1) is 32.0 Å². The first-order valence-corrected chi connectivity index (χ1v) is 15.0. The van der Waals surface area contributed by atoms with Gasteiger partial charge in [0.25, 0.3) is 0 Å². The molecule has 6 atom stereocenters. The highest BCUT2D eigenvalue weighted by Crippen LogP contribution is 2.73. The highest BCUT2D eigenvalue weighted by atomic mass is 16.7. The number of hydrogen-bond donors (Lipinski definition) is 1. The molecule has 1 N–H and O–H groups in total. The van der Waals surface area contributed by atoms with Gasteiger partial charge in [0.2, 0.25) is 0 Å². The van der Waals surface area contributed by atoms with E-state index in [2.05, 4.69) is 65.0 Å². The first-order chi connectivity index (χ1) is 18.0. The van der Waals surface area contributed by atoms with Gasteiger partial charge < -0.3 is 24.1 Å². The predicted molar refractivity (Wildman–Crippen MR) is 145 cm³/mol. The van der Waals surface area contributed by atoms with Crippen LogP contribution in [0.2, 0.25) is 0 Å². The summed E-state index contributed by atoms with van der Waals surface area (Å²) in [6, 6.07) is 8.91. The first kappa shape index (κ1) is 25.7. The van der Waals surface area contributed by atoms with Crippen LogP contribution in [-0.2, 0) is 30.0 Å². The third-order valence-corrected chi connectivity index (χ3v) is 11.9. The SMILES string of the molecule is CC(C)(C)c1ccc([C@]2(O)C[C@@]3(C)[C@@H](CCC34OCCO4)[C@@H]3CC=C4CC5(CC[C@]4(C)[C@H]32)OCCO5)cc1. The van der Waals surface area contributed by atoms with Crippen molar-refractivity contribution in [3.8, 4) is 0 Å². The summed E-state index contributed by atoms with van der Waals surface area (Å²) in [5.74, 6) is -0.0688. The van der Waals surface area contributed by atoms with E-state index in [1.165, 1.54) is 11.1 Å². The van der Waals surface area contributed by atoms with Crippen molar-refractivity contribution < 1.29 is 24.1 Å². The van der Waals surface area contributed by atoms with Crippen molar-refractivity contribution in [2.24, 2.45) is 28.6 Å². The largest absolute Gasteiger partial charge is 0.385 e. The molecule has 2 heterocycles. The molecule has 4 aliphatic carbocycles. The average molecular weight is 523 g/mol. The van der Waals surface area contributed by atoms with E-state index in [0.29, 0.717) is 44.7 Å². The quantitative estimate of drug-likeness (QED) is 0.443. The van der Waals surface area contributed by atoms with Crippen LogP contribution in [0.15, 0.2) is 35.9 Å². The number of benzene rings is 1. The molecule has 0 unspecified atom stereocenters. The minimum absolute atomic E-state index is 0.0695. The van der Waals surface area contributed by atoms with E-state index >= 15 is 0 Å². The van der Waals surface area contributed by atoms with Gasteiger partial charge in [0, 0.05) is 30.6 Å². The molecular formula is C33H46O5. The van der Waals surface area contributed by atoms with Crippen LogP contribution < -0.4 is 0 Å². The Morgan fingerprint density at radius 1 is 0.868 bits per heavy atom. The van der Waals surface area contributed by atoms with Crippen molar-refractivity contribution in [3.05, 3.63) is 47.0 Å². The zero-order valence-electron chi connectivity index (χ0n) is 24.0. The van der Waals surface area contributed by atoms with Crippen molar-refractivity contribution in [2.75, 3.05) is 26.4 Å². The second-order valence-corrected chi connectivity index (χ2v) is 14.7. The van der Waals surface area contributed by atoms with E-state index in [1.54, 1.807) is 0 Å². The van der Waals surface area contributed by atoms with E-state index in [9.17, 15) is 5.11 Å². The summed E-state index contributed by atoms with van der Waals surface area (Å²) < 4.78 is 25.3. The molecule has 208 valence electrons. The summed E-state index contributed by atoms with van der Waals surface area (Å²) in [5.41, 5.74) is 2.53. The summed E-state index contributed by atoms with van der Waals surface area (Å²) in [4.78, 5) is 0. The maximum atomic E-state index is 13.2. The van der Waals surface area contributed by atoms with Gasteiger partial charge in [-0.3, -0.25) is 0 Å². The normalized spacial score (nSPS) is 43.1. The zero-order valence-corrected chi connectivity index (χ0v) is 24.0.